The second-order valence-corrected chi connectivity index (χ2v) is 7.70. The van der Waals surface area contributed by atoms with Crippen molar-refractivity contribution < 1.29 is 9.59 Å². The molecule has 8 heteroatoms. The highest BCUT2D eigenvalue weighted by Gasteiger charge is 2.53. The van der Waals surface area contributed by atoms with E-state index in [1.54, 1.807) is 24.8 Å². The number of pyridine rings is 1. The highest BCUT2D eigenvalue weighted by atomic mass is 16.2. The lowest BCUT2D eigenvalue weighted by molar-refractivity contribution is -0.126. The summed E-state index contributed by atoms with van der Waals surface area (Å²) in [7, 11) is 0. The van der Waals surface area contributed by atoms with Crippen LogP contribution in [0.3, 0.4) is 0 Å². The molecule has 28 heavy (non-hydrogen) atoms. The molecule has 2 fully saturated rings. The van der Waals surface area contributed by atoms with Crippen molar-refractivity contribution in [2.24, 2.45) is 5.92 Å². The van der Waals surface area contributed by atoms with E-state index < -0.39 is 11.6 Å². The van der Waals surface area contributed by atoms with Crippen LogP contribution in [0.2, 0.25) is 0 Å². The normalized spacial score (nSPS) is 24.8. The third kappa shape index (κ3) is 2.55. The Hall–Kier alpha value is -3.03. The summed E-state index contributed by atoms with van der Waals surface area (Å²) >= 11 is 0. The van der Waals surface area contributed by atoms with Gasteiger partial charge in [0.2, 0.25) is 0 Å². The van der Waals surface area contributed by atoms with Gasteiger partial charge in [-0.3, -0.25) is 15.1 Å². The molecule has 0 bridgehead atoms. The Morgan fingerprint density at radius 3 is 2.71 bits per heavy atom. The molecule has 2 saturated heterocycles. The van der Waals surface area contributed by atoms with Crippen molar-refractivity contribution in [3.8, 4) is 0 Å². The maximum Gasteiger partial charge on any atom is 0.322 e. The first kappa shape index (κ1) is 17.1. The molecule has 2 N–H and O–H groups in total. The van der Waals surface area contributed by atoms with E-state index in [0.29, 0.717) is 0 Å². The molecule has 2 aromatic heterocycles. The summed E-state index contributed by atoms with van der Waals surface area (Å²) in [5.41, 5.74) is 2.13. The summed E-state index contributed by atoms with van der Waals surface area (Å²) < 4.78 is 0. The lowest BCUT2D eigenvalue weighted by Crippen LogP contribution is -2.53. The summed E-state index contributed by atoms with van der Waals surface area (Å²) in [4.78, 5) is 40.3. The zero-order valence-corrected chi connectivity index (χ0v) is 15.5. The number of urea groups is 1. The number of carbonyl (C=O) groups excluding carboxylic acids is 2. The Morgan fingerprint density at radius 2 is 2.00 bits per heavy atom. The standard InChI is InChI=1S/C20H22N6O2/c27-18-20(25-19(28)24-18,14-3-2-8-21-11-14)13-6-9-26(10-7-13)17-15-4-1-5-16(15)22-12-23-17/h2-3,8,11-13H,1,4-7,9-10H2,(H2,24,25,27,28). The minimum absolute atomic E-state index is 0.00529. The molecule has 3 amide bonds. The number of carbonyl (C=O) groups is 2. The van der Waals surface area contributed by atoms with Crippen LogP contribution in [0.1, 0.15) is 36.1 Å². The minimum atomic E-state index is -1.05. The third-order valence-electron chi connectivity index (χ3n) is 6.27. The number of aromatic nitrogens is 3. The molecular formula is C20H22N6O2. The van der Waals surface area contributed by atoms with Crippen molar-refractivity contribution in [3.63, 3.8) is 0 Å². The van der Waals surface area contributed by atoms with E-state index in [2.05, 4.69) is 30.5 Å². The Kier molecular flexibility index (Phi) is 3.99. The molecule has 0 radical (unpaired) electrons. The van der Waals surface area contributed by atoms with E-state index in [9.17, 15) is 9.59 Å². The number of aryl methyl sites for hydroxylation is 1. The van der Waals surface area contributed by atoms with Gasteiger partial charge in [-0.15, -0.1) is 0 Å². The van der Waals surface area contributed by atoms with E-state index in [0.717, 1.165) is 56.6 Å². The van der Waals surface area contributed by atoms with Crippen molar-refractivity contribution in [3.05, 3.63) is 47.7 Å². The number of piperidine rings is 1. The Bertz CT molecular complexity index is 926. The van der Waals surface area contributed by atoms with Gasteiger partial charge in [-0.25, -0.2) is 14.8 Å². The van der Waals surface area contributed by atoms with Gasteiger partial charge in [0, 0.05) is 42.3 Å². The molecule has 144 valence electrons. The largest absolute Gasteiger partial charge is 0.356 e. The van der Waals surface area contributed by atoms with Crippen LogP contribution in [0.25, 0.3) is 0 Å². The van der Waals surface area contributed by atoms with E-state index in [1.807, 2.05) is 6.07 Å². The number of nitrogens with one attached hydrogen (secondary N) is 2. The van der Waals surface area contributed by atoms with Crippen LogP contribution in [0, 0.1) is 5.92 Å². The fraction of sp³-hybridized carbons (Fsp3) is 0.450. The number of rotatable bonds is 3. The molecule has 5 rings (SSSR count). The fourth-order valence-corrected chi connectivity index (χ4v) is 4.93. The van der Waals surface area contributed by atoms with Gasteiger partial charge >= 0.3 is 6.03 Å². The molecule has 3 aliphatic rings. The van der Waals surface area contributed by atoms with Gasteiger partial charge < -0.3 is 10.2 Å². The van der Waals surface area contributed by atoms with Crippen LogP contribution in [0.5, 0.6) is 0 Å². The second kappa shape index (κ2) is 6.54. The first-order valence-electron chi connectivity index (χ1n) is 9.80. The molecule has 4 heterocycles. The predicted octanol–water partition coefficient (Wildman–Crippen LogP) is 1.31. The SMILES string of the molecule is O=C1NC(=O)C(c2cccnc2)(C2CCN(c3ncnc4c3CCC4)CC2)N1. The zero-order chi connectivity index (χ0) is 19.1. The summed E-state index contributed by atoms with van der Waals surface area (Å²) in [6.07, 6.45) is 9.75. The van der Waals surface area contributed by atoms with Gasteiger partial charge in [-0.1, -0.05) is 6.07 Å². The topological polar surface area (TPSA) is 100 Å². The molecular weight excluding hydrogens is 356 g/mol. The van der Waals surface area contributed by atoms with Crippen molar-refractivity contribution >= 4 is 17.8 Å². The fourth-order valence-electron chi connectivity index (χ4n) is 4.93. The summed E-state index contributed by atoms with van der Waals surface area (Å²) in [6.45, 7) is 1.58. The molecule has 0 saturated carbocycles. The monoisotopic (exact) mass is 378 g/mol. The van der Waals surface area contributed by atoms with Crippen LogP contribution in [-0.4, -0.2) is 40.0 Å². The highest BCUT2D eigenvalue weighted by Crippen LogP contribution is 2.40. The number of hydrogen-bond acceptors (Lipinski definition) is 6. The Labute approximate surface area is 162 Å². The maximum atomic E-state index is 12.9. The van der Waals surface area contributed by atoms with Crippen LogP contribution < -0.4 is 15.5 Å². The van der Waals surface area contributed by atoms with Crippen molar-refractivity contribution in [1.29, 1.82) is 0 Å². The molecule has 0 aromatic carbocycles. The first-order valence-corrected chi connectivity index (χ1v) is 9.80. The van der Waals surface area contributed by atoms with Gasteiger partial charge in [0.15, 0.2) is 5.54 Å². The molecule has 1 atom stereocenters. The minimum Gasteiger partial charge on any atom is -0.356 e. The van der Waals surface area contributed by atoms with Crippen molar-refractivity contribution in [2.45, 2.75) is 37.6 Å². The summed E-state index contributed by atoms with van der Waals surface area (Å²) in [5.74, 6) is 0.748. The molecule has 8 nitrogen and oxygen atoms in total. The average Bonchev–Trinajstić information content (AvgIpc) is 3.33. The van der Waals surface area contributed by atoms with Gasteiger partial charge in [0.05, 0.1) is 0 Å². The van der Waals surface area contributed by atoms with Crippen molar-refractivity contribution in [1.82, 2.24) is 25.6 Å². The number of hydrogen-bond donors (Lipinski definition) is 2. The quantitative estimate of drug-likeness (QED) is 0.781. The number of nitrogens with zero attached hydrogens (tertiary/aromatic N) is 4. The lowest BCUT2D eigenvalue weighted by Gasteiger charge is -2.41. The average molecular weight is 378 g/mol. The third-order valence-corrected chi connectivity index (χ3v) is 6.27. The smallest absolute Gasteiger partial charge is 0.322 e. The van der Waals surface area contributed by atoms with E-state index >= 15 is 0 Å². The van der Waals surface area contributed by atoms with Crippen molar-refractivity contribution in [2.75, 3.05) is 18.0 Å². The van der Waals surface area contributed by atoms with Crippen LogP contribution >= 0.6 is 0 Å². The lowest BCUT2D eigenvalue weighted by atomic mass is 9.73. The van der Waals surface area contributed by atoms with Crippen LogP contribution in [0.15, 0.2) is 30.9 Å². The molecule has 2 aromatic rings. The number of amides is 3. The van der Waals surface area contributed by atoms with E-state index in [-0.39, 0.29) is 11.8 Å². The Morgan fingerprint density at radius 1 is 1.14 bits per heavy atom. The summed E-state index contributed by atoms with van der Waals surface area (Å²) in [6, 6.07) is 3.22. The van der Waals surface area contributed by atoms with Gasteiger partial charge in [-0.05, 0) is 44.1 Å². The number of anilines is 1. The van der Waals surface area contributed by atoms with Gasteiger partial charge in [0.1, 0.15) is 12.1 Å². The number of imide groups is 1. The van der Waals surface area contributed by atoms with Gasteiger partial charge in [-0.2, -0.15) is 0 Å². The zero-order valence-electron chi connectivity index (χ0n) is 15.5. The van der Waals surface area contributed by atoms with E-state index in [1.165, 1.54) is 11.3 Å². The summed E-state index contributed by atoms with van der Waals surface area (Å²) in [5, 5.41) is 5.35. The molecule has 2 aliphatic heterocycles. The maximum absolute atomic E-state index is 12.9. The Balaban J connectivity index is 1.42. The predicted molar refractivity (Wildman–Crippen MR) is 102 cm³/mol. The molecule has 1 unspecified atom stereocenters. The first-order chi connectivity index (χ1) is 13.7. The molecule has 0 spiro atoms. The van der Waals surface area contributed by atoms with Crippen LogP contribution in [-0.2, 0) is 23.2 Å². The van der Waals surface area contributed by atoms with Crippen LogP contribution in [0.4, 0.5) is 10.6 Å². The highest BCUT2D eigenvalue weighted by molar-refractivity contribution is 6.07. The second-order valence-electron chi connectivity index (χ2n) is 7.70. The molecule has 1 aliphatic carbocycles. The number of fused-ring (bicyclic) bond motifs is 1. The van der Waals surface area contributed by atoms with Gasteiger partial charge in [0.25, 0.3) is 5.91 Å². The van der Waals surface area contributed by atoms with E-state index in [4.69, 9.17) is 0 Å².